The fourth-order valence-electron chi connectivity index (χ4n) is 1.96. The van der Waals surface area contributed by atoms with Crippen molar-refractivity contribution in [3.8, 4) is 0 Å². The Morgan fingerprint density at radius 3 is 2.24 bits per heavy atom. The van der Waals surface area contributed by atoms with Crippen LogP contribution in [0, 0.1) is 11.3 Å². The molecule has 1 amide bonds. The van der Waals surface area contributed by atoms with Crippen molar-refractivity contribution in [2.45, 2.75) is 47.0 Å². The van der Waals surface area contributed by atoms with Crippen LogP contribution in [-0.4, -0.2) is 35.5 Å². The minimum Gasteiger partial charge on any atom is -0.481 e. The van der Waals surface area contributed by atoms with Crippen molar-refractivity contribution in [2.75, 3.05) is 13.6 Å². The zero-order valence-electron chi connectivity index (χ0n) is 11.6. The average Bonchev–Trinajstić information content (AvgIpc) is 2.10. The van der Waals surface area contributed by atoms with Crippen molar-refractivity contribution >= 4 is 11.9 Å². The molecule has 0 bridgehead atoms. The highest BCUT2D eigenvalue weighted by atomic mass is 16.4. The van der Waals surface area contributed by atoms with Crippen molar-refractivity contribution in [2.24, 2.45) is 11.3 Å². The zero-order valence-corrected chi connectivity index (χ0v) is 11.6. The van der Waals surface area contributed by atoms with Gasteiger partial charge in [-0.15, -0.1) is 0 Å². The molecular formula is C13H25NO3. The standard InChI is InChI=1S/C13H25NO3/c1-10(9-13(2,3)4)8-11(15)14(5)7-6-12(16)17/h10H,6-9H2,1-5H3,(H,16,17). The fraction of sp³-hybridized carbons (Fsp3) is 0.846. The summed E-state index contributed by atoms with van der Waals surface area (Å²) in [4.78, 5) is 23.7. The second-order valence-corrected chi connectivity index (χ2v) is 6.03. The Balaban J connectivity index is 4.03. The zero-order chi connectivity index (χ0) is 13.6. The number of carboxylic acid groups (broad SMARTS) is 1. The van der Waals surface area contributed by atoms with Gasteiger partial charge in [0.15, 0.2) is 0 Å². The lowest BCUT2D eigenvalue weighted by Crippen LogP contribution is -2.30. The van der Waals surface area contributed by atoms with Crippen molar-refractivity contribution in [1.82, 2.24) is 4.90 Å². The van der Waals surface area contributed by atoms with Crippen LogP contribution in [0.3, 0.4) is 0 Å². The van der Waals surface area contributed by atoms with Crippen molar-refractivity contribution in [3.63, 3.8) is 0 Å². The summed E-state index contributed by atoms with van der Waals surface area (Å²) in [5.74, 6) is -0.509. The first-order chi connectivity index (χ1) is 7.61. The number of carbonyl (C=O) groups is 2. The first-order valence-corrected chi connectivity index (χ1v) is 6.07. The lowest BCUT2D eigenvalue weighted by molar-refractivity contribution is -0.138. The third-order valence-corrected chi connectivity index (χ3v) is 2.57. The Labute approximate surface area is 104 Å². The number of amides is 1. The van der Waals surface area contributed by atoms with Crippen LogP contribution in [0.25, 0.3) is 0 Å². The average molecular weight is 243 g/mol. The molecule has 1 N–H and O–H groups in total. The number of aliphatic carboxylic acids is 1. The molecule has 0 aliphatic rings. The number of carbonyl (C=O) groups excluding carboxylic acids is 1. The van der Waals surface area contributed by atoms with E-state index in [1.54, 1.807) is 7.05 Å². The summed E-state index contributed by atoms with van der Waals surface area (Å²) in [7, 11) is 1.66. The Bertz CT molecular complexity index is 268. The van der Waals surface area contributed by atoms with Crippen LogP contribution in [0.4, 0.5) is 0 Å². The molecular weight excluding hydrogens is 218 g/mol. The molecule has 0 aromatic heterocycles. The molecule has 0 saturated heterocycles. The SMILES string of the molecule is CC(CC(=O)N(C)CCC(=O)O)CC(C)(C)C. The van der Waals surface area contributed by atoms with Crippen molar-refractivity contribution in [1.29, 1.82) is 0 Å². The Hall–Kier alpha value is -1.06. The largest absolute Gasteiger partial charge is 0.481 e. The van der Waals surface area contributed by atoms with Gasteiger partial charge in [0.05, 0.1) is 6.42 Å². The highest BCUT2D eigenvalue weighted by Crippen LogP contribution is 2.26. The van der Waals surface area contributed by atoms with Gasteiger partial charge in [-0.1, -0.05) is 27.7 Å². The summed E-state index contributed by atoms with van der Waals surface area (Å²) >= 11 is 0. The van der Waals surface area contributed by atoms with Crippen molar-refractivity contribution in [3.05, 3.63) is 0 Å². The molecule has 4 heteroatoms. The maximum absolute atomic E-state index is 11.8. The van der Waals surface area contributed by atoms with Gasteiger partial charge in [0.25, 0.3) is 0 Å². The van der Waals surface area contributed by atoms with Gasteiger partial charge in [-0.3, -0.25) is 9.59 Å². The predicted octanol–water partition coefficient (Wildman–Crippen LogP) is 2.38. The number of carboxylic acids is 1. The second-order valence-electron chi connectivity index (χ2n) is 6.03. The molecule has 17 heavy (non-hydrogen) atoms. The first-order valence-electron chi connectivity index (χ1n) is 6.07. The Morgan fingerprint density at radius 1 is 1.29 bits per heavy atom. The van der Waals surface area contributed by atoms with E-state index in [1.807, 2.05) is 0 Å². The van der Waals surface area contributed by atoms with E-state index in [0.29, 0.717) is 12.3 Å². The number of hydrogen-bond donors (Lipinski definition) is 1. The fourth-order valence-corrected chi connectivity index (χ4v) is 1.96. The molecule has 0 aliphatic carbocycles. The molecule has 0 spiro atoms. The monoisotopic (exact) mass is 243 g/mol. The Kier molecular flexibility index (Phi) is 6.21. The van der Waals surface area contributed by atoms with Crippen LogP contribution >= 0.6 is 0 Å². The van der Waals surface area contributed by atoms with E-state index in [-0.39, 0.29) is 24.3 Å². The molecule has 0 heterocycles. The van der Waals surface area contributed by atoms with Gasteiger partial charge >= 0.3 is 5.97 Å². The first kappa shape index (κ1) is 15.9. The van der Waals surface area contributed by atoms with Gasteiger partial charge in [0.1, 0.15) is 0 Å². The summed E-state index contributed by atoms with van der Waals surface area (Å²) in [5, 5.41) is 8.54. The summed E-state index contributed by atoms with van der Waals surface area (Å²) in [5.41, 5.74) is 0.222. The smallest absolute Gasteiger partial charge is 0.305 e. The maximum Gasteiger partial charge on any atom is 0.305 e. The van der Waals surface area contributed by atoms with Gasteiger partial charge in [-0.05, 0) is 17.8 Å². The predicted molar refractivity (Wildman–Crippen MR) is 67.7 cm³/mol. The van der Waals surface area contributed by atoms with E-state index >= 15 is 0 Å². The van der Waals surface area contributed by atoms with Gasteiger partial charge in [0, 0.05) is 20.0 Å². The topological polar surface area (TPSA) is 57.6 Å². The van der Waals surface area contributed by atoms with Gasteiger partial charge in [0.2, 0.25) is 5.91 Å². The van der Waals surface area contributed by atoms with E-state index in [4.69, 9.17) is 5.11 Å². The molecule has 0 radical (unpaired) electrons. The lowest BCUT2D eigenvalue weighted by Gasteiger charge is -2.24. The molecule has 4 nitrogen and oxygen atoms in total. The molecule has 1 unspecified atom stereocenters. The van der Waals surface area contributed by atoms with Crippen LogP contribution in [0.1, 0.15) is 47.0 Å². The van der Waals surface area contributed by atoms with Gasteiger partial charge < -0.3 is 10.0 Å². The quantitative estimate of drug-likeness (QED) is 0.779. The number of nitrogens with zero attached hydrogens (tertiary/aromatic N) is 1. The maximum atomic E-state index is 11.8. The van der Waals surface area contributed by atoms with Crippen molar-refractivity contribution < 1.29 is 14.7 Å². The second kappa shape index (κ2) is 6.62. The molecule has 0 aromatic rings. The summed E-state index contributed by atoms with van der Waals surface area (Å²) in [6.07, 6.45) is 1.49. The van der Waals surface area contributed by atoms with E-state index in [0.717, 1.165) is 6.42 Å². The van der Waals surface area contributed by atoms with Crippen LogP contribution in [-0.2, 0) is 9.59 Å². The van der Waals surface area contributed by atoms with Crippen LogP contribution in [0.5, 0.6) is 0 Å². The normalized spacial score (nSPS) is 13.2. The molecule has 0 aromatic carbocycles. The number of rotatable bonds is 6. The van der Waals surface area contributed by atoms with E-state index in [2.05, 4.69) is 27.7 Å². The van der Waals surface area contributed by atoms with Crippen LogP contribution in [0.2, 0.25) is 0 Å². The minimum absolute atomic E-state index is 0.00981. The highest BCUT2D eigenvalue weighted by Gasteiger charge is 2.19. The van der Waals surface area contributed by atoms with Gasteiger partial charge in [-0.2, -0.15) is 0 Å². The van der Waals surface area contributed by atoms with Crippen LogP contribution < -0.4 is 0 Å². The minimum atomic E-state index is -0.868. The molecule has 1 atom stereocenters. The molecule has 0 saturated carbocycles. The van der Waals surface area contributed by atoms with E-state index < -0.39 is 5.97 Å². The van der Waals surface area contributed by atoms with E-state index in [1.165, 1.54) is 4.90 Å². The third-order valence-electron chi connectivity index (χ3n) is 2.57. The summed E-state index contributed by atoms with van der Waals surface area (Å²) in [6.45, 7) is 8.82. The molecule has 0 fully saturated rings. The Morgan fingerprint density at radius 2 is 1.82 bits per heavy atom. The third kappa shape index (κ3) is 8.72. The summed E-state index contributed by atoms with van der Waals surface area (Å²) < 4.78 is 0. The van der Waals surface area contributed by atoms with Crippen LogP contribution in [0.15, 0.2) is 0 Å². The van der Waals surface area contributed by atoms with E-state index in [9.17, 15) is 9.59 Å². The molecule has 0 aliphatic heterocycles. The summed E-state index contributed by atoms with van der Waals surface area (Å²) in [6, 6.07) is 0. The highest BCUT2D eigenvalue weighted by molar-refractivity contribution is 5.76. The molecule has 0 rings (SSSR count). The lowest BCUT2D eigenvalue weighted by atomic mass is 9.84. The van der Waals surface area contributed by atoms with Gasteiger partial charge in [-0.25, -0.2) is 0 Å². The molecule has 100 valence electrons. The number of hydrogen-bond acceptors (Lipinski definition) is 2.